The van der Waals surface area contributed by atoms with E-state index in [0.29, 0.717) is 0 Å². The lowest BCUT2D eigenvalue weighted by Gasteiger charge is -2.19. The summed E-state index contributed by atoms with van der Waals surface area (Å²) in [6.07, 6.45) is -3.68. The van der Waals surface area contributed by atoms with E-state index in [1.807, 2.05) is 0 Å². The van der Waals surface area contributed by atoms with Gasteiger partial charge in [-0.2, -0.15) is 18.3 Å². The summed E-state index contributed by atoms with van der Waals surface area (Å²) < 4.78 is 43.5. The lowest BCUT2D eigenvalue weighted by molar-refractivity contribution is -0.142. The highest BCUT2D eigenvalue weighted by atomic mass is 19.4. The Kier molecular flexibility index (Phi) is 3.22. The van der Waals surface area contributed by atoms with Crippen molar-refractivity contribution in [3.63, 3.8) is 0 Å². The minimum atomic E-state index is -4.67. The van der Waals surface area contributed by atoms with E-state index in [9.17, 15) is 18.0 Å². The Morgan fingerprint density at radius 3 is 2.29 bits per heavy atom. The van der Waals surface area contributed by atoms with Crippen LogP contribution in [0.25, 0.3) is 0 Å². The van der Waals surface area contributed by atoms with Crippen LogP contribution in [0.1, 0.15) is 36.8 Å². The molecule has 0 aliphatic rings. The van der Waals surface area contributed by atoms with Crippen molar-refractivity contribution in [2.24, 2.45) is 7.05 Å². The van der Waals surface area contributed by atoms with Crippen LogP contribution in [-0.4, -0.2) is 21.4 Å². The number of ether oxygens (including phenoxy) is 1. The van der Waals surface area contributed by atoms with Gasteiger partial charge in [0.05, 0.1) is 0 Å². The van der Waals surface area contributed by atoms with E-state index in [1.54, 1.807) is 20.8 Å². The molecule has 0 aliphatic carbocycles. The van der Waals surface area contributed by atoms with Crippen LogP contribution >= 0.6 is 0 Å². The van der Waals surface area contributed by atoms with Crippen molar-refractivity contribution in [2.75, 3.05) is 0 Å². The van der Waals surface area contributed by atoms with Crippen LogP contribution < -0.4 is 0 Å². The van der Waals surface area contributed by atoms with Gasteiger partial charge in [0.1, 0.15) is 11.2 Å². The van der Waals surface area contributed by atoms with Crippen LogP contribution in [0.2, 0.25) is 0 Å². The van der Waals surface area contributed by atoms with Crippen LogP contribution in [0.3, 0.4) is 0 Å². The van der Waals surface area contributed by atoms with Gasteiger partial charge in [-0.15, -0.1) is 0 Å². The maximum Gasteiger partial charge on any atom is 0.436 e. The number of carbonyl (C=O) groups excluding carboxylic acids is 1. The van der Waals surface area contributed by atoms with E-state index in [-0.39, 0.29) is 0 Å². The number of aryl methyl sites for hydroxylation is 1. The molecule has 1 heterocycles. The molecule has 1 rings (SSSR count). The summed E-state index contributed by atoms with van der Waals surface area (Å²) >= 11 is 0. The predicted octanol–water partition coefficient (Wildman–Crippen LogP) is 2.39. The van der Waals surface area contributed by atoms with E-state index in [0.717, 1.165) is 10.9 Å². The standard InChI is InChI=1S/C10H13F3N2O2/c1-9(2,3)17-8(16)6-5-15(4)14-7(6)10(11,12)13/h5H,1-4H3. The van der Waals surface area contributed by atoms with Gasteiger partial charge in [-0.05, 0) is 20.8 Å². The molecular formula is C10H13F3N2O2. The van der Waals surface area contributed by atoms with Gasteiger partial charge < -0.3 is 4.74 Å². The summed E-state index contributed by atoms with van der Waals surface area (Å²) in [5.41, 5.74) is -2.65. The number of hydrogen-bond donors (Lipinski definition) is 0. The minimum absolute atomic E-state index is 0.574. The van der Waals surface area contributed by atoms with Gasteiger partial charge >= 0.3 is 12.1 Å². The second-order valence-corrected chi connectivity index (χ2v) is 4.56. The third-order valence-corrected chi connectivity index (χ3v) is 1.72. The van der Waals surface area contributed by atoms with Crippen molar-refractivity contribution in [1.82, 2.24) is 9.78 Å². The van der Waals surface area contributed by atoms with Crippen molar-refractivity contribution in [3.05, 3.63) is 17.5 Å². The molecule has 0 saturated heterocycles. The third-order valence-electron chi connectivity index (χ3n) is 1.72. The normalized spacial score (nSPS) is 12.6. The zero-order valence-corrected chi connectivity index (χ0v) is 9.92. The second kappa shape index (κ2) is 4.05. The molecule has 0 bridgehead atoms. The Balaban J connectivity index is 3.10. The first-order valence-electron chi connectivity index (χ1n) is 4.85. The molecule has 1 aromatic rings. The number of halogens is 3. The molecule has 0 aromatic carbocycles. The number of carbonyl (C=O) groups is 1. The quantitative estimate of drug-likeness (QED) is 0.719. The molecule has 0 radical (unpaired) electrons. The molecule has 17 heavy (non-hydrogen) atoms. The summed E-state index contributed by atoms with van der Waals surface area (Å²) in [7, 11) is 1.31. The van der Waals surface area contributed by atoms with Gasteiger partial charge in [0, 0.05) is 13.2 Å². The van der Waals surface area contributed by atoms with Gasteiger partial charge in [-0.25, -0.2) is 4.79 Å². The van der Waals surface area contributed by atoms with Crippen molar-refractivity contribution in [2.45, 2.75) is 32.5 Å². The van der Waals surface area contributed by atoms with E-state index in [1.165, 1.54) is 7.05 Å². The predicted molar refractivity (Wildman–Crippen MR) is 53.4 cm³/mol. The van der Waals surface area contributed by atoms with Crippen molar-refractivity contribution >= 4 is 5.97 Å². The Labute approximate surface area is 96.4 Å². The molecule has 0 aliphatic heterocycles. The first kappa shape index (κ1) is 13.5. The average Bonchev–Trinajstić information content (AvgIpc) is 2.43. The lowest BCUT2D eigenvalue weighted by Crippen LogP contribution is -2.25. The monoisotopic (exact) mass is 250 g/mol. The molecular weight excluding hydrogens is 237 g/mol. The third kappa shape index (κ3) is 3.47. The first-order valence-corrected chi connectivity index (χ1v) is 4.85. The zero-order valence-electron chi connectivity index (χ0n) is 9.92. The van der Waals surface area contributed by atoms with E-state index in [2.05, 4.69) is 5.10 Å². The molecule has 96 valence electrons. The van der Waals surface area contributed by atoms with Gasteiger partial charge in [0.15, 0.2) is 5.69 Å². The fourth-order valence-electron chi connectivity index (χ4n) is 1.18. The highest BCUT2D eigenvalue weighted by Crippen LogP contribution is 2.31. The molecule has 0 spiro atoms. The molecule has 0 N–H and O–H groups in total. The highest BCUT2D eigenvalue weighted by molar-refractivity contribution is 5.90. The number of aromatic nitrogens is 2. The fourth-order valence-corrected chi connectivity index (χ4v) is 1.18. The zero-order chi connectivity index (χ0) is 13.4. The Bertz CT molecular complexity index is 430. The van der Waals surface area contributed by atoms with Gasteiger partial charge in [0.2, 0.25) is 0 Å². The SMILES string of the molecule is Cn1cc(C(=O)OC(C)(C)C)c(C(F)(F)F)n1. The largest absolute Gasteiger partial charge is 0.456 e. The number of esters is 1. The van der Waals surface area contributed by atoms with Crippen molar-refractivity contribution < 1.29 is 22.7 Å². The Hall–Kier alpha value is -1.53. The van der Waals surface area contributed by atoms with Crippen LogP contribution in [0, 0.1) is 0 Å². The molecule has 0 saturated carbocycles. The molecule has 0 atom stereocenters. The molecule has 0 fully saturated rings. The van der Waals surface area contributed by atoms with Crippen molar-refractivity contribution in [3.8, 4) is 0 Å². The van der Waals surface area contributed by atoms with Gasteiger partial charge in [-0.1, -0.05) is 0 Å². The summed E-state index contributed by atoms with van der Waals surface area (Å²) in [6, 6.07) is 0. The molecule has 1 aromatic heterocycles. The molecule has 0 unspecified atom stereocenters. The first-order chi connectivity index (χ1) is 7.50. The van der Waals surface area contributed by atoms with E-state index in [4.69, 9.17) is 4.74 Å². The number of rotatable bonds is 1. The molecule has 4 nitrogen and oxygen atoms in total. The Morgan fingerprint density at radius 1 is 1.35 bits per heavy atom. The van der Waals surface area contributed by atoms with E-state index < -0.39 is 29.0 Å². The topological polar surface area (TPSA) is 44.1 Å². The van der Waals surface area contributed by atoms with Gasteiger partial charge in [-0.3, -0.25) is 4.68 Å². The number of nitrogens with zero attached hydrogens (tertiary/aromatic N) is 2. The van der Waals surface area contributed by atoms with E-state index >= 15 is 0 Å². The maximum atomic E-state index is 12.6. The summed E-state index contributed by atoms with van der Waals surface area (Å²) in [6.45, 7) is 4.73. The highest BCUT2D eigenvalue weighted by Gasteiger charge is 2.40. The number of hydrogen-bond acceptors (Lipinski definition) is 3. The van der Waals surface area contributed by atoms with Crippen LogP contribution in [0.5, 0.6) is 0 Å². The summed E-state index contributed by atoms with van der Waals surface area (Å²) in [5.74, 6) is -1.03. The van der Waals surface area contributed by atoms with Gasteiger partial charge in [0.25, 0.3) is 0 Å². The van der Waals surface area contributed by atoms with Crippen LogP contribution in [0.15, 0.2) is 6.20 Å². The van der Waals surface area contributed by atoms with Crippen LogP contribution in [0.4, 0.5) is 13.2 Å². The smallest absolute Gasteiger partial charge is 0.436 e. The summed E-state index contributed by atoms with van der Waals surface area (Å²) in [5, 5.41) is 3.22. The van der Waals surface area contributed by atoms with Crippen LogP contribution in [-0.2, 0) is 18.0 Å². The number of alkyl halides is 3. The molecule has 7 heteroatoms. The minimum Gasteiger partial charge on any atom is -0.456 e. The fraction of sp³-hybridized carbons (Fsp3) is 0.600. The maximum absolute atomic E-state index is 12.6. The lowest BCUT2D eigenvalue weighted by atomic mass is 10.2. The second-order valence-electron chi connectivity index (χ2n) is 4.56. The average molecular weight is 250 g/mol. The van der Waals surface area contributed by atoms with Crippen molar-refractivity contribution in [1.29, 1.82) is 0 Å². The molecule has 0 amide bonds. The Morgan fingerprint density at radius 2 is 1.88 bits per heavy atom. The summed E-state index contributed by atoms with van der Waals surface area (Å²) in [4.78, 5) is 11.6.